The number of nitrogens with zero attached hydrogens (tertiary/aromatic N) is 2. The number of benzene rings is 1. The first kappa shape index (κ1) is 16.0. The van der Waals surface area contributed by atoms with Crippen LogP contribution in [0.1, 0.15) is 28.9 Å². The number of pyridine rings is 1. The quantitative estimate of drug-likeness (QED) is 0.883. The highest BCUT2D eigenvalue weighted by Gasteiger charge is 2.17. The SMILES string of the molecule is N#Cc1ccccc1Nc1ccnc(C(=O)NCC2CCCO2)c1. The Morgan fingerprint density at radius 2 is 2.25 bits per heavy atom. The molecule has 24 heavy (non-hydrogen) atoms. The number of amides is 1. The molecule has 1 aromatic carbocycles. The zero-order valence-corrected chi connectivity index (χ0v) is 13.2. The number of hydrogen-bond donors (Lipinski definition) is 2. The van der Waals surface area contributed by atoms with E-state index in [1.807, 2.05) is 12.1 Å². The molecule has 0 spiro atoms. The minimum Gasteiger partial charge on any atom is -0.376 e. The number of hydrogen-bond acceptors (Lipinski definition) is 5. The third-order valence-corrected chi connectivity index (χ3v) is 3.83. The Morgan fingerprint density at radius 3 is 3.04 bits per heavy atom. The van der Waals surface area contributed by atoms with E-state index in [1.165, 1.54) is 0 Å². The van der Waals surface area contributed by atoms with Gasteiger partial charge in [-0.05, 0) is 37.1 Å². The summed E-state index contributed by atoms with van der Waals surface area (Å²) < 4.78 is 5.49. The highest BCUT2D eigenvalue weighted by Crippen LogP contribution is 2.20. The average molecular weight is 322 g/mol. The lowest BCUT2D eigenvalue weighted by atomic mass is 10.2. The molecule has 1 fully saturated rings. The van der Waals surface area contributed by atoms with Crippen molar-refractivity contribution in [1.29, 1.82) is 5.26 Å². The maximum absolute atomic E-state index is 12.2. The van der Waals surface area contributed by atoms with Gasteiger partial charge in [0.25, 0.3) is 5.91 Å². The monoisotopic (exact) mass is 322 g/mol. The lowest BCUT2D eigenvalue weighted by Crippen LogP contribution is -2.32. The zero-order chi connectivity index (χ0) is 16.8. The Bertz CT molecular complexity index is 764. The van der Waals surface area contributed by atoms with Gasteiger partial charge in [-0.2, -0.15) is 5.26 Å². The first-order chi connectivity index (χ1) is 11.8. The fourth-order valence-electron chi connectivity index (χ4n) is 2.58. The van der Waals surface area contributed by atoms with Gasteiger partial charge < -0.3 is 15.4 Å². The standard InChI is InChI=1S/C18H18N4O2/c19-11-13-4-1-2-6-16(13)22-14-7-8-20-17(10-14)18(23)21-12-15-5-3-9-24-15/h1-2,4,6-8,10,15H,3,5,9,12H2,(H,20,22)(H,21,23). The average Bonchev–Trinajstić information content (AvgIpc) is 3.14. The molecule has 1 aliphatic rings. The molecule has 0 bridgehead atoms. The molecule has 0 radical (unpaired) electrons. The zero-order valence-electron chi connectivity index (χ0n) is 13.2. The predicted octanol–water partition coefficient (Wildman–Crippen LogP) is 2.61. The van der Waals surface area contributed by atoms with Gasteiger partial charge in [-0.25, -0.2) is 0 Å². The first-order valence-corrected chi connectivity index (χ1v) is 7.88. The van der Waals surface area contributed by atoms with E-state index in [0.717, 1.165) is 19.4 Å². The van der Waals surface area contributed by atoms with E-state index >= 15 is 0 Å². The topological polar surface area (TPSA) is 87.0 Å². The molecule has 0 saturated carbocycles. The van der Waals surface area contributed by atoms with Gasteiger partial charge in [0, 0.05) is 25.0 Å². The fourth-order valence-corrected chi connectivity index (χ4v) is 2.58. The van der Waals surface area contributed by atoms with E-state index < -0.39 is 0 Å². The second-order valence-electron chi connectivity index (χ2n) is 5.56. The van der Waals surface area contributed by atoms with Crippen molar-refractivity contribution in [3.05, 3.63) is 53.9 Å². The van der Waals surface area contributed by atoms with Crippen molar-refractivity contribution >= 4 is 17.3 Å². The molecule has 6 nitrogen and oxygen atoms in total. The second-order valence-corrected chi connectivity index (χ2v) is 5.56. The molecule has 0 aliphatic carbocycles. The molecule has 122 valence electrons. The number of carbonyl (C=O) groups excluding carboxylic acids is 1. The minimum absolute atomic E-state index is 0.0952. The van der Waals surface area contributed by atoms with Gasteiger partial charge in [-0.15, -0.1) is 0 Å². The number of ether oxygens (including phenoxy) is 1. The van der Waals surface area contributed by atoms with Gasteiger partial charge in [-0.1, -0.05) is 12.1 Å². The van der Waals surface area contributed by atoms with Crippen molar-refractivity contribution in [2.75, 3.05) is 18.5 Å². The fraction of sp³-hybridized carbons (Fsp3) is 0.278. The predicted molar refractivity (Wildman–Crippen MR) is 90.0 cm³/mol. The Labute approximate surface area is 140 Å². The van der Waals surface area contributed by atoms with E-state index in [0.29, 0.717) is 29.2 Å². The highest BCUT2D eigenvalue weighted by molar-refractivity contribution is 5.93. The summed E-state index contributed by atoms with van der Waals surface area (Å²) in [6, 6.07) is 12.8. The smallest absolute Gasteiger partial charge is 0.270 e. The van der Waals surface area contributed by atoms with Crippen LogP contribution in [0.3, 0.4) is 0 Å². The van der Waals surface area contributed by atoms with Crippen LogP contribution in [-0.4, -0.2) is 30.1 Å². The third-order valence-electron chi connectivity index (χ3n) is 3.83. The number of nitriles is 1. The molecule has 1 unspecified atom stereocenters. The number of carbonyl (C=O) groups is 1. The van der Waals surface area contributed by atoms with Gasteiger partial charge in [0.15, 0.2) is 0 Å². The first-order valence-electron chi connectivity index (χ1n) is 7.88. The molecular weight excluding hydrogens is 304 g/mol. The van der Waals surface area contributed by atoms with E-state index in [2.05, 4.69) is 21.7 Å². The van der Waals surface area contributed by atoms with Crippen LogP contribution in [0.25, 0.3) is 0 Å². The van der Waals surface area contributed by atoms with Crippen molar-refractivity contribution in [2.24, 2.45) is 0 Å². The molecule has 2 N–H and O–H groups in total. The summed E-state index contributed by atoms with van der Waals surface area (Å²) >= 11 is 0. The summed E-state index contributed by atoms with van der Waals surface area (Å²) in [5.41, 5.74) is 2.26. The molecule has 3 rings (SSSR count). The van der Waals surface area contributed by atoms with E-state index in [1.54, 1.807) is 30.5 Å². The van der Waals surface area contributed by atoms with Crippen LogP contribution in [0, 0.1) is 11.3 Å². The molecule has 1 atom stereocenters. The Balaban J connectivity index is 1.67. The van der Waals surface area contributed by atoms with Gasteiger partial charge in [-0.3, -0.25) is 9.78 Å². The summed E-state index contributed by atoms with van der Waals surface area (Å²) in [7, 11) is 0. The van der Waals surface area contributed by atoms with E-state index in [4.69, 9.17) is 10.00 Å². The maximum atomic E-state index is 12.2. The van der Waals surface area contributed by atoms with Crippen molar-refractivity contribution in [3.63, 3.8) is 0 Å². The number of aromatic nitrogens is 1. The molecule has 6 heteroatoms. The van der Waals surface area contributed by atoms with Crippen molar-refractivity contribution in [3.8, 4) is 6.07 Å². The van der Waals surface area contributed by atoms with Gasteiger partial charge in [0.2, 0.25) is 0 Å². The number of anilines is 2. The van der Waals surface area contributed by atoms with Gasteiger partial charge >= 0.3 is 0 Å². The number of rotatable bonds is 5. The van der Waals surface area contributed by atoms with Crippen LogP contribution < -0.4 is 10.6 Å². The molecular formula is C18H18N4O2. The Hall–Kier alpha value is -2.91. The second kappa shape index (κ2) is 7.57. The lowest BCUT2D eigenvalue weighted by molar-refractivity contribution is 0.0854. The molecule has 2 heterocycles. The summed E-state index contributed by atoms with van der Waals surface area (Å²) in [5, 5.41) is 15.1. The van der Waals surface area contributed by atoms with Crippen molar-refractivity contribution in [2.45, 2.75) is 18.9 Å². The molecule has 1 aromatic heterocycles. The van der Waals surface area contributed by atoms with Crippen LogP contribution in [0.2, 0.25) is 0 Å². The minimum atomic E-state index is -0.234. The molecule has 1 amide bonds. The van der Waals surface area contributed by atoms with Crippen molar-refractivity contribution in [1.82, 2.24) is 10.3 Å². The maximum Gasteiger partial charge on any atom is 0.270 e. The summed E-state index contributed by atoms with van der Waals surface area (Å²) in [6.45, 7) is 1.26. The van der Waals surface area contributed by atoms with Crippen LogP contribution in [0.4, 0.5) is 11.4 Å². The van der Waals surface area contributed by atoms with Crippen LogP contribution in [0.15, 0.2) is 42.6 Å². The summed E-state index contributed by atoms with van der Waals surface area (Å²) in [4.78, 5) is 16.3. The molecule has 1 saturated heterocycles. The highest BCUT2D eigenvalue weighted by atomic mass is 16.5. The van der Waals surface area contributed by atoms with E-state index in [-0.39, 0.29) is 12.0 Å². The van der Waals surface area contributed by atoms with E-state index in [9.17, 15) is 4.79 Å². The normalized spacial score (nSPS) is 16.4. The molecule has 1 aliphatic heterocycles. The molecule has 2 aromatic rings. The van der Waals surface area contributed by atoms with Crippen molar-refractivity contribution < 1.29 is 9.53 Å². The third kappa shape index (κ3) is 3.89. The van der Waals surface area contributed by atoms with Gasteiger partial charge in [0.1, 0.15) is 11.8 Å². The number of nitrogens with one attached hydrogen (secondary N) is 2. The van der Waals surface area contributed by atoms with Gasteiger partial charge in [0.05, 0.1) is 17.4 Å². The summed E-state index contributed by atoms with van der Waals surface area (Å²) in [6.07, 6.45) is 3.67. The Kier molecular flexibility index (Phi) is 5.04. The Morgan fingerprint density at radius 1 is 1.38 bits per heavy atom. The van der Waals surface area contributed by atoms with Crippen LogP contribution in [-0.2, 0) is 4.74 Å². The number of para-hydroxylation sites is 1. The summed E-state index contributed by atoms with van der Waals surface area (Å²) in [5.74, 6) is -0.234. The lowest BCUT2D eigenvalue weighted by Gasteiger charge is -2.12. The van der Waals surface area contributed by atoms with Crippen LogP contribution in [0.5, 0.6) is 0 Å². The largest absolute Gasteiger partial charge is 0.376 e. The van der Waals surface area contributed by atoms with Crippen LogP contribution >= 0.6 is 0 Å².